The zero-order valence-corrected chi connectivity index (χ0v) is 41.8. The molecule has 7 aromatic rings. The van der Waals surface area contributed by atoms with Crippen LogP contribution >= 0.6 is 0 Å². The number of hydrogen-bond acceptors (Lipinski definition) is 3. The van der Waals surface area contributed by atoms with E-state index in [1.165, 1.54) is 38.8 Å². The van der Waals surface area contributed by atoms with E-state index >= 15 is 0 Å². The van der Waals surface area contributed by atoms with Crippen molar-refractivity contribution in [1.29, 1.82) is 0 Å². The molecule has 0 aliphatic rings. The van der Waals surface area contributed by atoms with Gasteiger partial charge >= 0.3 is 21.1 Å². The standard InChI is InChI=1S/C55H64N3S.Pt/c1-33-24-25-56-47-42(33)29-38(53(8,9)10)30-43(47)34-26-35(28-37(27-34)52(5,6)7)50-57-48-41(44-31-39(54(11,12)13)32-45(49(44)59)55(14,15)16)18-17-19-46(48)58(50)40-22-20-36(21-23-40)51(2,3)4;/h17-25,27-32,59H,1-16H3;/q-1;+2/p-1. The monoisotopic (exact) mass is 992 g/mol. The van der Waals surface area contributed by atoms with Crippen LogP contribution in [-0.4, -0.2) is 14.5 Å². The fraction of sp³-hybridized carbons (Fsp3) is 0.382. The average Bonchev–Trinajstić information content (AvgIpc) is 3.53. The summed E-state index contributed by atoms with van der Waals surface area (Å²) in [5.41, 5.74) is 16.2. The van der Waals surface area contributed by atoms with Gasteiger partial charge in [0.05, 0.1) is 16.9 Å². The molecule has 2 heterocycles. The van der Waals surface area contributed by atoms with Crippen LogP contribution in [0.1, 0.15) is 137 Å². The molecule has 0 N–H and O–H groups in total. The minimum Gasteiger partial charge on any atom is -0.779 e. The van der Waals surface area contributed by atoms with E-state index < -0.39 is 0 Å². The van der Waals surface area contributed by atoms with Crippen molar-refractivity contribution in [2.24, 2.45) is 0 Å². The number of nitrogens with zero attached hydrogens (tertiary/aromatic N) is 3. The van der Waals surface area contributed by atoms with Crippen LogP contribution in [0.25, 0.3) is 61.3 Å². The summed E-state index contributed by atoms with van der Waals surface area (Å²) in [5.74, 6) is 0.845. The predicted octanol–water partition coefficient (Wildman–Crippen LogP) is 15.1. The molecule has 60 heavy (non-hydrogen) atoms. The minimum absolute atomic E-state index is 0. The molecule has 0 radical (unpaired) electrons. The van der Waals surface area contributed by atoms with Gasteiger partial charge in [-0.3, -0.25) is 9.97 Å². The van der Waals surface area contributed by atoms with Crippen LogP contribution in [0.3, 0.4) is 0 Å². The van der Waals surface area contributed by atoms with Gasteiger partial charge in [0.1, 0.15) is 0 Å². The summed E-state index contributed by atoms with van der Waals surface area (Å²) >= 11 is 6.41. The fourth-order valence-corrected chi connectivity index (χ4v) is 8.52. The number of aromatic nitrogens is 3. The number of benzene rings is 5. The molecular weight excluding hydrogens is 930 g/mol. The number of imidazole rings is 1. The number of para-hydroxylation sites is 1. The summed E-state index contributed by atoms with van der Waals surface area (Å²) in [6, 6.07) is 35.6. The van der Waals surface area contributed by atoms with Crippen molar-refractivity contribution in [3.05, 3.63) is 131 Å². The van der Waals surface area contributed by atoms with Crippen molar-refractivity contribution < 1.29 is 21.1 Å². The third-order valence-corrected chi connectivity index (χ3v) is 12.4. The average molecular weight is 993 g/mol. The molecule has 0 bridgehead atoms. The van der Waals surface area contributed by atoms with Crippen molar-refractivity contribution in [1.82, 2.24) is 14.5 Å². The summed E-state index contributed by atoms with van der Waals surface area (Å²) in [7, 11) is 0. The van der Waals surface area contributed by atoms with E-state index in [1.54, 1.807) is 0 Å². The Morgan fingerprint density at radius 1 is 0.533 bits per heavy atom. The predicted molar refractivity (Wildman–Crippen MR) is 255 cm³/mol. The first-order chi connectivity index (χ1) is 27.2. The van der Waals surface area contributed by atoms with Gasteiger partial charge < -0.3 is 17.2 Å². The quantitative estimate of drug-likeness (QED) is 0.130. The Morgan fingerprint density at radius 3 is 1.67 bits per heavy atom. The molecule has 0 saturated carbocycles. The maximum atomic E-state index is 6.41. The second kappa shape index (κ2) is 15.7. The van der Waals surface area contributed by atoms with Gasteiger partial charge in [-0.05, 0) is 91.5 Å². The summed E-state index contributed by atoms with van der Waals surface area (Å²) in [5, 5.41) is 1.17. The molecule has 5 aromatic carbocycles. The molecule has 0 saturated heterocycles. The van der Waals surface area contributed by atoms with E-state index in [0.29, 0.717) is 0 Å². The molecule has 0 amide bonds. The van der Waals surface area contributed by atoms with Gasteiger partial charge in [0, 0.05) is 23.0 Å². The normalized spacial score (nSPS) is 12.9. The molecule has 0 fully saturated rings. The van der Waals surface area contributed by atoms with Crippen molar-refractivity contribution in [2.75, 3.05) is 0 Å². The first-order valence-electron chi connectivity index (χ1n) is 21.2. The molecule has 2 aromatic heterocycles. The van der Waals surface area contributed by atoms with E-state index in [0.717, 1.165) is 60.8 Å². The Hall–Kier alpha value is -4.11. The number of rotatable bonds is 4. The number of aryl methyl sites for hydroxylation is 1. The Morgan fingerprint density at radius 2 is 1.08 bits per heavy atom. The van der Waals surface area contributed by atoms with Gasteiger partial charge in [0.25, 0.3) is 0 Å². The van der Waals surface area contributed by atoms with Crippen LogP contribution < -0.4 is 0 Å². The largest absolute Gasteiger partial charge is 2.00 e. The summed E-state index contributed by atoms with van der Waals surface area (Å²) in [6.45, 7) is 36.3. The van der Waals surface area contributed by atoms with Gasteiger partial charge in [-0.25, -0.2) is 0 Å². The molecule has 5 heteroatoms. The van der Waals surface area contributed by atoms with Crippen LogP contribution in [0.15, 0.2) is 96.0 Å². The van der Waals surface area contributed by atoms with E-state index in [4.69, 9.17) is 22.6 Å². The van der Waals surface area contributed by atoms with E-state index in [1.807, 2.05) is 6.20 Å². The zero-order chi connectivity index (χ0) is 43.2. The Labute approximate surface area is 380 Å². The van der Waals surface area contributed by atoms with Crippen LogP contribution in [0, 0.1) is 13.0 Å². The Balaban J connectivity index is 0.00000604. The van der Waals surface area contributed by atoms with Gasteiger partial charge in [-0.1, -0.05) is 169 Å². The molecule has 0 spiro atoms. The molecule has 0 atom stereocenters. The van der Waals surface area contributed by atoms with E-state index in [2.05, 4.69) is 206 Å². The topological polar surface area (TPSA) is 30.7 Å². The first-order valence-corrected chi connectivity index (χ1v) is 21.6. The first kappa shape index (κ1) is 45.4. The third kappa shape index (κ3) is 8.67. The third-order valence-electron chi connectivity index (χ3n) is 11.9. The molecule has 0 aliphatic carbocycles. The number of hydrogen-bond donors (Lipinski definition) is 0. The minimum atomic E-state index is -0.149. The van der Waals surface area contributed by atoms with Crippen molar-refractivity contribution in [3.8, 4) is 39.3 Å². The maximum Gasteiger partial charge on any atom is 2.00 e. The molecule has 0 unspecified atom stereocenters. The second-order valence-electron chi connectivity index (χ2n) is 21.9. The molecule has 3 nitrogen and oxygen atoms in total. The van der Waals surface area contributed by atoms with Crippen molar-refractivity contribution >= 4 is 34.6 Å². The summed E-state index contributed by atoms with van der Waals surface area (Å²) in [4.78, 5) is 11.6. The van der Waals surface area contributed by atoms with Crippen LogP contribution in [0.5, 0.6) is 0 Å². The van der Waals surface area contributed by atoms with Gasteiger partial charge in [-0.15, -0.1) is 29.3 Å². The number of pyridine rings is 1. The second-order valence-corrected chi connectivity index (χ2v) is 22.3. The molecule has 7 rings (SSSR count). The molecule has 0 aliphatic heterocycles. The Bertz CT molecular complexity index is 2740. The van der Waals surface area contributed by atoms with Gasteiger partial charge in [0.15, 0.2) is 0 Å². The van der Waals surface area contributed by atoms with Crippen molar-refractivity contribution in [2.45, 2.75) is 143 Å². The molecule has 314 valence electrons. The summed E-state index contributed by atoms with van der Waals surface area (Å²) < 4.78 is 2.33. The Kier molecular flexibility index (Phi) is 11.9. The van der Waals surface area contributed by atoms with Crippen molar-refractivity contribution in [3.63, 3.8) is 0 Å². The van der Waals surface area contributed by atoms with Gasteiger partial charge in [0.2, 0.25) is 0 Å². The van der Waals surface area contributed by atoms with E-state index in [9.17, 15) is 0 Å². The van der Waals surface area contributed by atoms with Gasteiger partial charge in [-0.2, -0.15) is 4.90 Å². The smallest absolute Gasteiger partial charge is 0.779 e. The van der Waals surface area contributed by atoms with Crippen LogP contribution in [0.2, 0.25) is 0 Å². The number of fused-ring (bicyclic) bond motifs is 2. The van der Waals surface area contributed by atoms with Crippen LogP contribution in [0.4, 0.5) is 0 Å². The summed E-state index contributed by atoms with van der Waals surface area (Å²) in [6.07, 6.45) is 1.93. The SMILES string of the molecule is Cc1ccnc2c(-c3[c-]c(-c4nc5c(-c6cc(C(C)(C)C)cc(C(C)(C)C)c6[S-])cccc5n4-c4ccc(C(C)(C)C)cc4)cc(C(C)(C)C)c3)cc(C(C)(C)C)cc12.[Pt+2]. The zero-order valence-electron chi connectivity index (χ0n) is 38.7. The molecular formula is C55H63N3PtS. The fourth-order valence-electron chi connectivity index (χ4n) is 7.98. The van der Waals surface area contributed by atoms with E-state index in [-0.39, 0.29) is 48.1 Å². The maximum absolute atomic E-state index is 6.41. The van der Waals surface area contributed by atoms with Crippen LogP contribution in [-0.2, 0) is 60.8 Å².